The third kappa shape index (κ3) is 4.46. The molecule has 1 aromatic rings. The molecular weight excluding hydrogens is 207 g/mol. The van der Waals surface area contributed by atoms with E-state index < -0.39 is 11.9 Å². The van der Waals surface area contributed by atoms with Gasteiger partial charge in [-0.05, 0) is 24.3 Å². The van der Waals surface area contributed by atoms with Gasteiger partial charge >= 0.3 is 11.9 Å². The summed E-state index contributed by atoms with van der Waals surface area (Å²) in [7, 11) is 0. The molecule has 1 N–H and O–H groups in total. The summed E-state index contributed by atoms with van der Waals surface area (Å²) in [4.78, 5) is 22.0. The first-order valence-corrected chi connectivity index (χ1v) is 4.17. The average molecular weight is 217 g/mol. The molecule has 5 heteroatoms. The minimum absolute atomic E-state index is 0. The van der Waals surface area contributed by atoms with Crippen LogP contribution in [0.15, 0.2) is 24.3 Å². The van der Waals surface area contributed by atoms with Crippen molar-refractivity contribution >= 4 is 41.5 Å². The van der Waals surface area contributed by atoms with Crippen LogP contribution in [0.5, 0.6) is 5.75 Å². The van der Waals surface area contributed by atoms with Gasteiger partial charge in [0.1, 0.15) is 5.75 Å². The third-order valence-electron chi connectivity index (χ3n) is 1.60. The number of benzene rings is 1. The Morgan fingerprint density at radius 2 is 1.80 bits per heavy atom. The molecule has 0 aliphatic carbocycles. The van der Waals surface area contributed by atoms with Crippen molar-refractivity contribution in [3.63, 3.8) is 0 Å². The van der Waals surface area contributed by atoms with E-state index in [1.165, 1.54) is 24.3 Å². The summed E-state index contributed by atoms with van der Waals surface area (Å²) in [6.07, 6.45) is 0.157. The fourth-order valence-corrected chi connectivity index (χ4v) is 0.832. The van der Waals surface area contributed by atoms with Gasteiger partial charge in [0.05, 0.1) is 5.56 Å². The van der Waals surface area contributed by atoms with Crippen LogP contribution >= 0.6 is 0 Å². The van der Waals surface area contributed by atoms with Gasteiger partial charge in [-0.15, -0.1) is 0 Å². The van der Waals surface area contributed by atoms with Crippen molar-refractivity contribution in [2.75, 3.05) is 0 Å². The second kappa shape index (κ2) is 6.61. The summed E-state index contributed by atoms with van der Waals surface area (Å²) < 4.78 is 4.47. The van der Waals surface area contributed by atoms with Crippen LogP contribution in [-0.2, 0) is 9.53 Å². The minimum Gasteiger partial charge on any atom is -0.508 e. The molecule has 0 amide bonds. The maximum atomic E-state index is 11.2. The van der Waals surface area contributed by atoms with Crippen LogP contribution in [0.1, 0.15) is 23.7 Å². The number of hydrogen-bond donors (Lipinski definition) is 1. The second-order valence-electron chi connectivity index (χ2n) is 2.66. The van der Waals surface area contributed by atoms with Gasteiger partial charge in [-0.1, -0.05) is 6.92 Å². The SMILES string of the molecule is CCC(=O)OC(=O)c1ccc(O)cc1.[Na]. The summed E-state index contributed by atoms with van der Waals surface area (Å²) in [5.41, 5.74) is 0.240. The number of hydrogen-bond acceptors (Lipinski definition) is 4. The van der Waals surface area contributed by atoms with Crippen LogP contribution in [-0.4, -0.2) is 46.6 Å². The van der Waals surface area contributed by atoms with Crippen molar-refractivity contribution in [2.45, 2.75) is 13.3 Å². The molecule has 15 heavy (non-hydrogen) atoms. The molecule has 0 bridgehead atoms. The summed E-state index contributed by atoms with van der Waals surface area (Å²) in [5, 5.41) is 8.95. The standard InChI is InChI=1S/C10H10O4.Na/c1-2-9(12)14-10(13)7-3-5-8(11)6-4-7;/h3-6,11H,2H2,1H3;. The first kappa shape index (κ1) is 14.2. The van der Waals surface area contributed by atoms with E-state index in [2.05, 4.69) is 4.74 Å². The average Bonchev–Trinajstić information content (AvgIpc) is 2.18. The Bertz CT molecular complexity index is 345. The van der Waals surface area contributed by atoms with Crippen LogP contribution < -0.4 is 0 Å². The van der Waals surface area contributed by atoms with E-state index in [1.807, 2.05) is 0 Å². The summed E-state index contributed by atoms with van der Waals surface area (Å²) >= 11 is 0. The van der Waals surface area contributed by atoms with E-state index in [-0.39, 0.29) is 47.3 Å². The van der Waals surface area contributed by atoms with Crippen molar-refractivity contribution < 1.29 is 19.4 Å². The van der Waals surface area contributed by atoms with Crippen molar-refractivity contribution in [1.82, 2.24) is 0 Å². The van der Waals surface area contributed by atoms with Gasteiger partial charge in [-0.25, -0.2) is 4.79 Å². The molecule has 0 spiro atoms. The van der Waals surface area contributed by atoms with Gasteiger partial charge in [-0.3, -0.25) is 4.79 Å². The molecule has 1 radical (unpaired) electrons. The van der Waals surface area contributed by atoms with Gasteiger partial charge in [0.25, 0.3) is 0 Å². The van der Waals surface area contributed by atoms with Crippen molar-refractivity contribution in [3.8, 4) is 5.75 Å². The fraction of sp³-hybridized carbons (Fsp3) is 0.200. The predicted octanol–water partition coefficient (Wildman–Crippen LogP) is 1.10. The molecule has 0 atom stereocenters. The molecular formula is C10H10NaO4. The molecule has 0 saturated carbocycles. The number of rotatable bonds is 2. The summed E-state index contributed by atoms with van der Waals surface area (Å²) in [6.45, 7) is 1.60. The van der Waals surface area contributed by atoms with Crippen LogP contribution in [0.3, 0.4) is 0 Å². The van der Waals surface area contributed by atoms with Crippen molar-refractivity contribution in [2.24, 2.45) is 0 Å². The first-order valence-electron chi connectivity index (χ1n) is 4.17. The number of phenols is 1. The quantitative estimate of drug-likeness (QED) is 0.457. The van der Waals surface area contributed by atoms with Crippen LogP contribution in [0.2, 0.25) is 0 Å². The predicted molar refractivity (Wildman–Crippen MR) is 54.6 cm³/mol. The first-order chi connectivity index (χ1) is 6.63. The molecule has 1 aromatic carbocycles. The van der Waals surface area contributed by atoms with Crippen LogP contribution in [0.25, 0.3) is 0 Å². The largest absolute Gasteiger partial charge is 0.508 e. The maximum absolute atomic E-state index is 11.2. The van der Waals surface area contributed by atoms with Crippen LogP contribution in [0.4, 0.5) is 0 Å². The molecule has 75 valence electrons. The zero-order chi connectivity index (χ0) is 10.6. The van der Waals surface area contributed by atoms with Crippen molar-refractivity contribution in [1.29, 1.82) is 0 Å². The Morgan fingerprint density at radius 3 is 2.27 bits per heavy atom. The Morgan fingerprint density at radius 1 is 1.27 bits per heavy atom. The number of ether oxygens (including phenoxy) is 1. The molecule has 4 nitrogen and oxygen atoms in total. The molecule has 0 aromatic heterocycles. The molecule has 0 aliphatic heterocycles. The second-order valence-corrected chi connectivity index (χ2v) is 2.66. The van der Waals surface area contributed by atoms with Gasteiger partial charge in [-0.2, -0.15) is 0 Å². The normalized spacial score (nSPS) is 8.87. The molecule has 0 heterocycles. The zero-order valence-electron chi connectivity index (χ0n) is 8.69. The van der Waals surface area contributed by atoms with Crippen molar-refractivity contribution in [3.05, 3.63) is 29.8 Å². The Labute approximate surface area is 110 Å². The topological polar surface area (TPSA) is 63.6 Å². The minimum atomic E-state index is -0.697. The monoisotopic (exact) mass is 217 g/mol. The summed E-state index contributed by atoms with van der Waals surface area (Å²) in [6, 6.07) is 5.49. The summed E-state index contributed by atoms with van der Waals surface area (Å²) in [5.74, 6) is -1.21. The Balaban J connectivity index is 0.00000196. The van der Waals surface area contributed by atoms with E-state index in [0.717, 1.165) is 0 Å². The van der Waals surface area contributed by atoms with E-state index in [1.54, 1.807) is 6.92 Å². The number of phenolic OH excluding ortho intramolecular Hbond substituents is 1. The number of esters is 2. The van der Waals surface area contributed by atoms with E-state index in [0.29, 0.717) is 0 Å². The van der Waals surface area contributed by atoms with Gasteiger partial charge < -0.3 is 9.84 Å². The fourth-order valence-electron chi connectivity index (χ4n) is 0.832. The Hall–Kier alpha value is -0.840. The van der Waals surface area contributed by atoms with E-state index in [9.17, 15) is 9.59 Å². The van der Waals surface area contributed by atoms with Gasteiger partial charge in [0.15, 0.2) is 0 Å². The molecule has 1 rings (SSSR count). The van der Waals surface area contributed by atoms with E-state index >= 15 is 0 Å². The van der Waals surface area contributed by atoms with Gasteiger partial charge in [0, 0.05) is 36.0 Å². The molecule has 0 aliphatic rings. The van der Waals surface area contributed by atoms with Crippen LogP contribution in [0, 0.1) is 0 Å². The molecule has 0 fully saturated rings. The number of carbonyl (C=O) groups excluding carboxylic acids is 2. The Kier molecular flexibility index (Phi) is 6.24. The van der Waals surface area contributed by atoms with Gasteiger partial charge in [0.2, 0.25) is 0 Å². The maximum Gasteiger partial charge on any atom is 0.345 e. The molecule has 0 saturated heterocycles. The smallest absolute Gasteiger partial charge is 0.345 e. The zero-order valence-corrected chi connectivity index (χ0v) is 10.7. The van der Waals surface area contributed by atoms with E-state index in [4.69, 9.17) is 5.11 Å². The third-order valence-corrected chi connectivity index (χ3v) is 1.60. The number of aromatic hydroxyl groups is 1. The number of carbonyl (C=O) groups is 2. The molecule has 0 unspecified atom stereocenters.